The third-order valence-electron chi connectivity index (χ3n) is 3.88. The fraction of sp³-hybridized carbons (Fsp3) is 0.846. The van der Waals surface area contributed by atoms with E-state index in [1.807, 2.05) is 0 Å². The van der Waals surface area contributed by atoms with Crippen molar-refractivity contribution < 1.29 is 5.11 Å². The Balaban J connectivity index is 1.81. The number of nitrogens with zero attached hydrogens (tertiary/aromatic N) is 2. The molecule has 1 heterocycles. The number of aliphatic hydroxyl groups excluding tert-OH is 1. The Morgan fingerprint density at radius 1 is 1.12 bits per heavy atom. The summed E-state index contributed by atoms with van der Waals surface area (Å²) < 4.78 is 0. The van der Waals surface area contributed by atoms with Crippen molar-refractivity contribution >= 4 is 0 Å². The molecular formula is C13H22N2O. The molecule has 3 heteroatoms. The fourth-order valence-corrected chi connectivity index (χ4v) is 2.90. The van der Waals surface area contributed by atoms with Crippen molar-refractivity contribution in [2.45, 2.75) is 37.8 Å². The second-order valence-corrected chi connectivity index (χ2v) is 4.94. The summed E-state index contributed by atoms with van der Waals surface area (Å²) in [5.41, 5.74) is 0. The van der Waals surface area contributed by atoms with Crippen LogP contribution in [0.1, 0.15) is 25.7 Å². The van der Waals surface area contributed by atoms with E-state index < -0.39 is 0 Å². The smallest absolute Gasteiger partial charge is 0.0695 e. The number of hydrogen-bond acceptors (Lipinski definition) is 3. The zero-order valence-electron chi connectivity index (χ0n) is 9.94. The molecule has 1 saturated carbocycles. The van der Waals surface area contributed by atoms with Crippen molar-refractivity contribution in [1.82, 2.24) is 9.80 Å². The first-order valence-electron chi connectivity index (χ1n) is 6.39. The average Bonchev–Trinajstić information content (AvgIpc) is 2.31. The van der Waals surface area contributed by atoms with Gasteiger partial charge in [0.05, 0.1) is 12.6 Å². The van der Waals surface area contributed by atoms with E-state index in [2.05, 4.69) is 15.7 Å². The molecule has 16 heavy (non-hydrogen) atoms. The lowest BCUT2D eigenvalue weighted by Crippen LogP contribution is -2.54. The highest BCUT2D eigenvalue weighted by Crippen LogP contribution is 2.23. The Morgan fingerprint density at radius 3 is 2.44 bits per heavy atom. The normalized spacial score (nSPS) is 33.5. The van der Waals surface area contributed by atoms with Crippen LogP contribution in [-0.4, -0.2) is 59.8 Å². The lowest BCUT2D eigenvalue weighted by atomic mass is 9.91. The minimum absolute atomic E-state index is 0.104. The molecule has 2 aliphatic rings. The van der Waals surface area contributed by atoms with Gasteiger partial charge < -0.3 is 5.11 Å². The Morgan fingerprint density at radius 2 is 1.81 bits per heavy atom. The van der Waals surface area contributed by atoms with Gasteiger partial charge in [-0.25, -0.2) is 0 Å². The number of terminal acetylenes is 1. The quantitative estimate of drug-likeness (QED) is 0.691. The van der Waals surface area contributed by atoms with E-state index in [1.54, 1.807) is 0 Å². The zero-order chi connectivity index (χ0) is 11.4. The second-order valence-electron chi connectivity index (χ2n) is 4.94. The van der Waals surface area contributed by atoms with E-state index in [1.165, 1.54) is 12.8 Å². The summed E-state index contributed by atoms with van der Waals surface area (Å²) in [7, 11) is 0. The van der Waals surface area contributed by atoms with Crippen LogP contribution in [0.25, 0.3) is 0 Å². The van der Waals surface area contributed by atoms with Gasteiger partial charge >= 0.3 is 0 Å². The van der Waals surface area contributed by atoms with Crippen molar-refractivity contribution in [1.29, 1.82) is 0 Å². The monoisotopic (exact) mass is 222 g/mol. The highest BCUT2D eigenvalue weighted by molar-refractivity contribution is 4.91. The van der Waals surface area contributed by atoms with Gasteiger partial charge in [-0.15, -0.1) is 6.42 Å². The van der Waals surface area contributed by atoms with Crippen LogP contribution in [0.5, 0.6) is 0 Å². The molecule has 1 aliphatic carbocycles. The molecule has 0 aromatic rings. The summed E-state index contributed by atoms with van der Waals surface area (Å²) >= 11 is 0. The van der Waals surface area contributed by atoms with Gasteiger partial charge in [0.15, 0.2) is 0 Å². The van der Waals surface area contributed by atoms with Crippen molar-refractivity contribution in [3.05, 3.63) is 0 Å². The van der Waals surface area contributed by atoms with E-state index in [0.29, 0.717) is 6.04 Å². The Kier molecular flexibility index (Phi) is 4.22. The summed E-state index contributed by atoms with van der Waals surface area (Å²) in [5, 5.41) is 10.0. The van der Waals surface area contributed by atoms with Gasteiger partial charge in [0.2, 0.25) is 0 Å². The van der Waals surface area contributed by atoms with Crippen LogP contribution in [-0.2, 0) is 0 Å². The standard InChI is InChI=1S/C13H22N2O/c1-2-7-14-8-10-15(11-9-14)12-5-3-4-6-13(12)16/h1,12-13,16H,3-11H2. The lowest BCUT2D eigenvalue weighted by molar-refractivity contribution is -0.00156. The first-order valence-corrected chi connectivity index (χ1v) is 6.39. The summed E-state index contributed by atoms with van der Waals surface area (Å²) in [5.74, 6) is 2.70. The Hall–Kier alpha value is -0.560. The second kappa shape index (κ2) is 5.67. The van der Waals surface area contributed by atoms with E-state index in [9.17, 15) is 5.11 Å². The van der Waals surface area contributed by atoms with Gasteiger partial charge in [-0.05, 0) is 12.8 Å². The Labute approximate surface area is 98.4 Å². The molecule has 0 aromatic heterocycles. The lowest BCUT2D eigenvalue weighted by Gasteiger charge is -2.42. The summed E-state index contributed by atoms with van der Waals surface area (Å²) in [6.45, 7) is 4.98. The predicted octanol–water partition coefficient (Wildman–Crippen LogP) is 0.541. The molecule has 1 saturated heterocycles. The highest BCUT2D eigenvalue weighted by atomic mass is 16.3. The number of hydrogen-bond donors (Lipinski definition) is 1. The summed E-state index contributed by atoms with van der Waals surface area (Å²) in [4.78, 5) is 4.77. The first-order chi connectivity index (χ1) is 7.81. The van der Waals surface area contributed by atoms with Crippen molar-refractivity contribution in [2.75, 3.05) is 32.7 Å². The Bertz CT molecular complexity index is 253. The van der Waals surface area contributed by atoms with Crippen molar-refractivity contribution in [2.24, 2.45) is 0 Å². The molecule has 2 fully saturated rings. The van der Waals surface area contributed by atoms with Crippen LogP contribution in [0.4, 0.5) is 0 Å². The van der Waals surface area contributed by atoms with Crippen LogP contribution >= 0.6 is 0 Å². The minimum atomic E-state index is -0.104. The molecule has 3 nitrogen and oxygen atoms in total. The van der Waals surface area contributed by atoms with Crippen molar-refractivity contribution in [3.8, 4) is 12.3 Å². The predicted molar refractivity (Wildman–Crippen MR) is 65.1 cm³/mol. The average molecular weight is 222 g/mol. The van der Waals surface area contributed by atoms with Gasteiger partial charge in [0.1, 0.15) is 0 Å². The van der Waals surface area contributed by atoms with Gasteiger partial charge in [0, 0.05) is 32.2 Å². The van der Waals surface area contributed by atoms with E-state index in [-0.39, 0.29) is 6.10 Å². The van der Waals surface area contributed by atoms with Gasteiger partial charge in [0.25, 0.3) is 0 Å². The molecule has 2 unspecified atom stereocenters. The number of piperazine rings is 1. The van der Waals surface area contributed by atoms with Crippen LogP contribution in [0.3, 0.4) is 0 Å². The molecule has 0 spiro atoms. The minimum Gasteiger partial charge on any atom is -0.391 e. The zero-order valence-corrected chi connectivity index (χ0v) is 9.94. The fourth-order valence-electron chi connectivity index (χ4n) is 2.90. The maximum Gasteiger partial charge on any atom is 0.0695 e. The maximum atomic E-state index is 10.0. The molecule has 0 amide bonds. The van der Waals surface area contributed by atoms with Crippen LogP contribution in [0, 0.1) is 12.3 Å². The topological polar surface area (TPSA) is 26.7 Å². The van der Waals surface area contributed by atoms with Crippen LogP contribution in [0.15, 0.2) is 0 Å². The molecule has 2 atom stereocenters. The maximum absolute atomic E-state index is 10.0. The molecule has 2 rings (SSSR count). The van der Waals surface area contributed by atoms with E-state index >= 15 is 0 Å². The van der Waals surface area contributed by atoms with Gasteiger partial charge in [-0.2, -0.15) is 0 Å². The number of aliphatic hydroxyl groups is 1. The molecule has 1 N–H and O–H groups in total. The van der Waals surface area contributed by atoms with Gasteiger partial charge in [-0.1, -0.05) is 18.8 Å². The van der Waals surface area contributed by atoms with Crippen LogP contribution in [0.2, 0.25) is 0 Å². The molecule has 1 aliphatic heterocycles. The van der Waals surface area contributed by atoms with E-state index in [0.717, 1.165) is 45.6 Å². The third-order valence-corrected chi connectivity index (χ3v) is 3.88. The van der Waals surface area contributed by atoms with Crippen molar-refractivity contribution in [3.63, 3.8) is 0 Å². The number of rotatable bonds is 2. The SMILES string of the molecule is C#CCN1CCN(C2CCCCC2O)CC1. The van der Waals surface area contributed by atoms with E-state index in [4.69, 9.17) is 6.42 Å². The molecular weight excluding hydrogens is 200 g/mol. The summed E-state index contributed by atoms with van der Waals surface area (Å²) in [6.07, 6.45) is 9.81. The first kappa shape index (κ1) is 11.9. The van der Waals surface area contributed by atoms with Crippen LogP contribution < -0.4 is 0 Å². The highest BCUT2D eigenvalue weighted by Gasteiger charge is 2.30. The molecule has 90 valence electrons. The molecule has 0 radical (unpaired) electrons. The summed E-state index contributed by atoms with van der Waals surface area (Å²) in [6, 6.07) is 0.404. The molecule has 0 aromatic carbocycles. The van der Waals surface area contributed by atoms with Gasteiger partial charge in [-0.3, -0.25) is 9.80 Å². The molecule has 0 bridgehead atoms. The largest absolute Gasteiger partial charge is 0.391 e. The third kappa shape index (κ3) is 2.76.